The summed E-state index contributed by atoms with van der Waals surface area (Å²) < 4.78 is 51.8. The van der Waals surface area contributed by atoms with Crippen molar-refractivity contribution < 1.29 is 32.8 Å². The molecular weight excluding hydrogens is 484 g/mol. The zero-order valence-electron chi connectivity index (χ0n) is 21.7. The number of anilines is 1. The molecule has 1 saturated heterocycles. The Balaban J connectivity index is 1.59. The Morgan fingerprint density at radius 2 is 1.89 bits per heavy atom. The van der Waals surface area contributed by atoms with Crippen LogP contribution in [0.25, 0.3) is 10.9 Å². The molecule has 1 atom stereocenters. The predicted molar refractivity (Wildman–Crippen MR) is 136 cm³/mol. The lowest BCUT2D eigenvalue weighted by molar-refractivity contribution is -0.168. The van der Waals surface area contributed by atoms with Gasteiger partial charge in [-0.1, -0.05) is 18.2 Å². The van der Waals surface area contributed by atoms with Gasteiger partial charge >= 0.3 is 5.92 Å². The fraction of sp³-hybridized carbons (Fsp3) is 0.481. The van der Waals surface area contributed by atoms with Gasteiger partial charge in [0, 0.05) is 23.1 Å². The van der Waals surface area contributed by atoms with Gasteiger partial charge < -0.3 is 29.4 Å². The Morgan fingerprint density at radius 1 is 1.14 bits per heavy atom. The van der Waals surface area contributed by atoms with Gasteiger partial charge in [0.05, 0.1) is 32.4 Å². The van der Waals surface area contributed by atoms with E-state index in [0.29, 0.717) is 66.0 Å². The van der Waals surface area contributed by atoms with Crippen molar-refractivity contribution in [1.82, 2.24) is 9.97 Å². The number of fused-ring (bicyclic) bond motifs is 1. The highest BCUT2D eigenvalue weighted by molar-refractivity contribution is 5.92. The van der Waals surface area contributed by atoms with Gasteiger partial charge in [-0.2, -0.15) is 8.78 Å². The van der Waals surface area contributed by atoms with Crippen LogP contribution in [-0.4, -0.2) is 60.3 Å². The van der Waals surface area contributed by atoms with Crippen LogP contribution in [0.2, 0.25) is 0 Å². The minimum Gasteiger partial charge on any atom is -0.493 e. The Kier molecular flexibility index (Phi) is 7.82. The van der Waals surface area contributed by atoms with Crippen molar-refractivity contribution >= 4 is 16.7 Å². The SMILES string of the molecule is COc1cc2nc(C)nc(N[C@H](C)c3cccc(C(F)(F)C(C)(C)O)c3)c2cc1OCCOC1COC1. The maximum atomic E-state index is 14.8. The average Bonchev–Trinajstić information content (AvgIpc) is 2.81. The minimum atomic E-state index is -3.42. The summed E-state index contributed by atoms with van der Waals surface area (Å²) in [6, 6.07) is 9.23. The van der Waals surface area contributed by atoms with Crippen LogP contribution < -0.4 is 14.8 Å². The summed E-state index contributed by atoms with van der Waals surface area (Å²) in [6.45, 7) is 7.76. The van der Waals surface area contributed by atoms with Gasteiger partial charge in [0.15, 0.2) is 11.5 Å². The summed E-state index contributed by atoms with van der Waals surface area (Å²) >= 11 is 0. The topological polar surface area (TPSA) is 95.0 Å². The molecule has 0 aliphatic carbocycles. The van der Waals surface area contributed by atoms with Crippen molar-refractivity contribution in [1.29, 1.82) is 0 Å². The second-order valence-corrected chi connectivity index (χ2v) is 9.64. The van der Waals surface area contributed by atoms with E-state index in [1.54, 1.807) is 38.3 Å². The van der Waals surface area contributed by atoms with Gasteiger partial charge in [0.25, 0.3) is 0 Å². The van der Waals surface area contributed by atoms with Crippen LogP contribution in [0, 0.1) is 6.92 Å². The fourth-order valence-electron chi connectivity index (χ4n) is 3.96. The molecule has 1 aromatic heterocycles. The Bertz CT molecular complexity index is 1240. The fourth-order valence-corrected chi connectivity index (χ4v) is 3.96. The third-order valence-electron chi connectivity index (χ3n) is 6.27. The van der Waals surface area contributed by atoms with Gasteiger partial charge in [-0.15, -0.1) is 0 Å². The number of hydrogen-bond donors (Lipinski definition) is 2. The average molecular weight is 518 g/mol. The number of methoxy groups -OCH3 is 1. The molecule has 1 aliphatic rings. The van der Waals surface area contributed by atoms with Crippen molar-refractivity contribution in [2.45, 2.75) is 51.4 Å². The second kappa shape index (κ2) is 10.7. The molecule has 8 nitrogen and oxygen atoms in total. The maximum absolute atomic E-state index is 14.8. The summed E-state index contributed by atoms with van der Waals surface area (Å²) in [5.74, 6) is -1.31. The number of aryl methyl sites for hydroxylation is 1. The second-order valence-electron chi connectivity index (χ2n) is 9.64. The lowest BCUT2D eigenvalue weighted by Crippen LogP contribution is -2.40. The number of benzene rings is 2. The Labute approximate surface area is 214 Å². The summed E-state index contributed by atoms with van der Waals surface area (Å²) in [7, 11) is 1.56. The van der Waals surface area contributed by atoms with Crippen molar-refractivity contribution in [2.75, 3.05) is 38.9 Å². The molecule has 0 radical (unpaired) electrons. The molecule has 37 heavy (non-hydrogen) atoms. The van der Waals surface area contributed by atoms with Crippen molar-refractivity contribution in [3.63, 3.8) is 0 Å². The molecule has 2 aromatic carbocycles. The van der Waals surface area contributed by atoms with E-state index in [1.165, 1.54) is 12.1 Å². The van der Waals surface area contributed by atoms with Crippen LogP contribution in [0.5, 0.6) is 11.5 Å². The molecule has 2 N–H and O–H groups in total. The zero-order valence-corrected chi connectivity index (χ0v) is 21.7. The standard InChI is InChI=1S/C27H33F2N3O5/c1-16(18-7-6-8-19(11-18)27(28,29)26(3,4)33)30-25-21-12-24(37-10-9-36-20-14-35-15-20)23(34-5)13-22(21)31-17(2)32-25/h6-8,11-13,16,20,33H,9-10,14-15H2,1-5H3,(H,30,31,32)/t16-/m1/s1. The molecule has 1 fully saturated rings. The number of halogens is 2. The number of nitrogens with zero attached hydrogens (tertiary/aromatic N) is 2. The summed E-state index contributed by atoms with van der Waals surface area (Å²) in [4.78, 5) is 9.09. The first-order valence-electron chi connectivity index (χ1n) is 12.2. The third-order valence-corrected chi connectivity index (χ3v) is 6.27. The van der Waals surface area contributed by atoms with E-state index in [2.05, 4.69) is 15.3 Å². The first-order valence-corrected chi connectivity index (χ1v) is 12.2. The van der Waals surface area contributed by atoms with Gasteiger partial charge in [0.1, 0.15) is 30.0 Å². The monoisotopic (exact) mass is 517 g/mol. The van der Waals surface area contributed by atoms with E-state index >= 15 is 0 Å². The molecule has 0 saturated carbocycles. The van der Waals surface area contributed by atoms with E-state index in [1.807, 2.05) is 6.92 Å². The largest absolute Gasteiger partial charge is 0.493 e. The van der Waals surface area contributed by atoms with E-state index in [9.17, 15) is 13.9 Å². The highest BCUT2D eigenvalue weighted by Gasteiger charge is 2.47. The van der Waals surface area contributed by atoms with Crippen LogP contribution in [0.3, 0.4) is 0 Å². The molecule has 3 aromatic rings. The lowest BCUT2D eigenvalue weighted by atomic mass is 9.91. The minimum absolute atomic E-state index is 0.109. The lowest BCUT2D eigenvalue weighted by Gasteiger charge is -2.30. The number of hydrogen-bond acceptors (Lipinski definition) is 8. The number of rotatable bonds is 11. The molecule has 0 bridgehead atoms. The normalized spacial score (nSPS) is 15.4. The van der Waals surface area contributed by atoms with E-state index < -0.39 is 11.5 Å². The number of alkyl halides is 2. The highest BCUT2D eigenvalue weighted by atomic mass is 19.3. The van der Waals surface area contributed by atoms with E-state index in [-0.39, 0.29) is 17.7 Å². The van der Waals surface area contributed by atoms with Crippen molar-refractivity contribution in [3.8, 4) is 11.5 Å². The van der Waals surface area contributed by atoms with Crippen LogP contribution in [0.15, 0.2) is 36.4 Å². The molecule has 10 heteroatoms. The van der Waals surface area contributed by atoms with Crippen LogP contribution in [0.4, 0.5) is 14.6 Å². The van der Waals surface area contributed by atoms with E-state index in [4.69, 9.17) is 18.9 Å². The summed E-state index contributed by atoms with van der Waals surface area (Å²) in [6.07, 6.45) is 0.109. The number of aromatic nitrogens is 2. The van der Waals surface area contributed by atoms with Crippen LogP contribution in [-0.2, 0) is 15.4 Å². The van der Waals surface area contributed by atoms with Crippen molar-refractivity contribution in [2.24, 2.45) is 0 Å². The number of nitrogens with one attached hydrogen (secondary N) is 1. The molecule has 0 unspecified atom stereocenters. The molecule has 0 amide bonds. The zero-order chi connectivity index (χ0) is 26.8. The molecule has 200 valence electrons. The first kappa shape index (κ1) is 27.0. The first-order chi connectivity index (χ1) is 17.5. The Morgan fingerprint density at radius 3 is 2.54 bits per heavy atom. The van der Waals surface area contributed by atoms with E-state index in [0.717, 1.165) is 13.8 Å². The van der Waals surface area contributed by atoms with Crippen LogP contribution in [0.1, 0.15) is 43.8 Å². The summed E-state index contributed by atoms with van der Waals surface area (Å²) in [5, 5.41) is 14.0. The van der Waals surface area contributed by atoms with Gasteiger partial charge in [-0.25, -0.2) is 9.97 Å². The molecular formula is C27H33F2N3O5. The smallest absolute Gasteiger partial charge is 0.300 e. The molecule has 2 heterocycles. The van der Waals surface area contributed by atoms with Gasteiger partial charge in [0.2, 0.25) is 0 Å². The molecule has 0 spiro atoms. The number of ether oxygens (including phenoxy) is 4. The van der Waals surface area contributed by atoms with Crippen molar-refractivity contribution in [3.05, 3.63) is 53.3 Å². The Hall–Kier alpha value is -3.08. The molecule has 1 aliphatic heterocycles. The third kappa shape index (κ3) is 5.92. The van der Waals surface area contributed by atoms with Crippen LogP contribution >= 0.6 is 0 Å². The quantitative estimate of drug-likeness (QED) is 0.351. The predicted octanol–water partition coefficient (Wildman–Crippen LogP) is 4.78. The highest BCUT2D eigenvalue weighted by Crippen LogP contribution is 2.40. The maximum Gasteiger partial charge on any atom is 0.300 e. The summed E-state index contributed by atoms with van der Waals surface area (Å²) in [5.41, 5.74) is -1.19. The van der Waals surface area contributed by atoms with Gasteiger partial charge in [-0.05, 0) is 45.4 Å². The number of aliphatic hydroxyl groups is 1. The van der Waals surface area contributed by atoms with Gasteiger partial charge in [-0.3, -0.25) is 0 Å². The molecule has 4 rings (SSSR count).